The van der Waals surface area contributed by atoms with E-state index >= 15 is 0 Å². The fourth-order valence-electron chi connectivity index (χ4n) is 4.11. The molecule has 0 unspecified atom stereocenters. The zero-order valence-corrected chi connectivity index (χ0v) is 24.2. The molecule has 0 aromatic heterocycles. The quantitative estimate of drug-likeness (QED) is 0.275. The number of unbranched alkanes of at least 4 members (excludes halogenated alkanes) is 2. The molecule has 0 radical (unpaired) electrons. The molecule has 1 aliphatic heterocycles. The van der Waals surface area contributed by atoms with Gasteiger partial charge in [-0.3, -0.25) is 0 Å². The van der Waals surface area contributed by atoms with Crippen molar-refractivity contribution in [3.8, 4) is 17.2 Å². The first-order chi connectivity index (χ1) is 15.9. The van der Waals surface area contributed by atoms with Crippen LogP contribution in [0, 0.1) is 0 Å². The van der Waals surface area contributed by atoms with Crippen molar-refractivity contribution in [2.75, 3.05) is 6.61 Å². The molecule has 0 atom stereocenters. The third-order valence-electron chi connectivity index (χ3n) is 6.68. The first kappa shape index (κ1) is 25.9. The van der Waals surface area contributed by atoms with Crippen LogP contribution < -0.4 is 10.9 Å². The Morgan fingerprint density at radius 1 is 0.939 bits per heavy atom. The average Bonchev–Trinajstić information content (AvgIpc) is 2.88. The third-order valence-corrected chi connectivity index (χ3v) is 16.4. The number of nitrogens with zero attached hydrogens (tertiary/aromatic N) is 1. The Labute approximate surface area is 205 Å². The van der Waals surface area contributed by atoms with Gasteiger partial charge >= 0.3 is 206 Å². The number of hydrogen-bond acceptors (Lipinski definition) is 4. The number of aliphatic imine (C=N–C) groups is 1. The van der Waals surface area contributed by atoms with Crippen LogP contribution in [0.2, 0.25) is 8.87 Å². The van der Waals surface area contributed by atoms with Gasteiger partial charge in [0.2, 0.25) is 0 Å². The Balaban J connectivity index is 2.20. The molecule has 33 heavy (non-hydrogen) atoms. The fourth-order valence-corrected chi connectivity index (χ4v) is 14.5. The minimum absolute atomic E-state index is 0.0876. The van der Waals surface area contributed by atoms with Crippen LogP contribution in [0.5, 0.6) is 17.2 Å². The summed E-state index contributed by atoms with van der Waals surface area (Å²) in [7, 11) is 0. The monoisotopic (exact) mass is 559 g/mol. The Hall–Kier alpha value is -1.69. The van der Waals surface area contributed by atoms with Crippen molar-refractivity contribution in [2.24, 2.45) is 4.99 Å². The molecule has 2 aromatic carbocycles. The zero-order chi connectivity index (χ0) is 23.9. The number of hydrogen-bond donors (Lipinski definition) is 0. The number of para-hydroxylation sites is 1. The van der Waals surface area contributed by atoms with Crippen molar-refractivity contribution >= 4 is 31.1 Å². The van der Waals surface area contributed by atoms with Crippen LogP contribution in [0.25, 0.3) is 0 Å². The third kappa shape index (κ3) is 6.26. The van der Waals surface area contributed by atoms with Crippen molar-refractivity contribution in [2.45, 2.75) is 87.9 Å². The molecule has 180 valence electrons. The van der Waals surface area contributed by atoms with Gasteiger partial charge in [-0.25, -0.2) is 0 Å². The van der Waals surface area contributed by atoms with Crippen molar-refractivity contribution in [3.05, 3.63) is 47.5 Å². The average molecular weight is 558 g/mol. The summed E-state index contributed by atoms with van der Waals surface area (Å²) in [5.41, 5.74) is 3.24. The van der Waals surface area contributed by atoms with Crippen molar-refractivity contribution < 1.29 is 10.9 Å². The summed E-state index contributed by atoms with van der Waals surface area (Å²) in [6.07, 6.45) is 7.47. The molecule has 0 saturated carbocycles. The Morgan fingerprint density at radius 2 is 1.67 bits per heavy atom. The summed E-state index contributed by atoms with van der Waals surface area (Å²) in [4.78, 5) is 4.93. The Bertz CT molecular complexity index is 946. The molecule has 0 fully saturated rings. The standard InChI is InChI=1S/C20H25NO3.2C4H9.Sn/c1-5-20(3,4)15-10-11-17(22)16(12-15)21-13-14-8-7-9-18(19(14)23)24-6-2;2*1-3-4-2;/h7-13,22-23H,5-6H2,1-4H3;2*1,3-4H2,2H3;/q;;;+2/p-2. The van der Waals surface area contributed by atoms with Crippen LogP contribution >= 0.6 is 0 Å². The molecule has 4 nitrogen and oxygen atoms in total. The van der Waals surface area contributed by atoms with Gasteiger partial charge < -0.3 is 0 Å². The van der Waals surface area contributed by atoms with E-state index in [1.807, 2.05) is 25.3 Å². The predicted molar refractivity (Wildman–Crippen MR) is 141 cm³/mol. The molecular formula is C28H41NO3Sn. The second kappa shape index (κ2) is 11.6. The van der Waals surface area contributed by atoms with E-state index in [1.54, 1.807) is 0 Å². The first-order valence-corrected chi connectivity index (χ1v) is 19.1. The summed E-state index contributed by atoms with van der Waals surface area (Å²) in [5.74, 6) is 2.47. The van der Waals surface area contributed by atoms with Gasteiger partial charge in [0, 0.05) is 0 Å². The molecule has 2 aromatic rings. The first-order valence-electron chi connectivity index (χ1n) is 12.7. The predicted octanol–water partition coefficient (Wildman–Crippen LogP) is 8.34. The maximum absolute atomic E-state index is 7.04. The molecule has 0 saturated heterocycles. The summed E-state index contributed by atoms with van der Waals surface area (Å²) in [6.45, 7) is 13.9. The topological polar surface area (TPSA) is 40.0 Å². The van der Waals surface area contributed by atoms with Gasteiger partial charge in [-0.05, 0) is 0 Å². The molecule has 1 heterocycles. The van der Waals surface area contributed by atoms with Crippen LogP contribution in [0.1, 0.15) is 84.8 Å². The molecule has 0 amide bonds. The second-order valence-corrected chi connectivity index (χ2v) is 18.8. The van der Waals surface area contributed by atoms with Crippen LogP contribution in [0.15, 0.2) is 41.4 Å². The molecule has 0 spiro atoms. The maximum atomic E-state index is 7.04. The molecule has 0 N–H and O–H groups in total. The molecule has 0 aliphatic carbocycles. The number of fused-ring (bicyclic) bond motifs is 2. The zero-order valence-electron chi connectivity index (χ0n) is 21.4. The van der Waals surface area contributed by atoms with Gasteiger partial charge in [0.05, 0.1) is 0 Å². The van der Waals surface area contributed by atoms with Crippen molar-refractivity contribution in [1.82, 2.24) is 0 Å². The second-order valence-electron chi connectivity index (χ2n) is 9.61. The van der Waals surface area contributed by atoms with Crippen LogP contribution in [0.4, 0.5) is 5.69 Å². The van der Waals surface area contributed by atoms with Crippen molar-refractivity contribution in [1.29, 1.82) is 0 Å². The van der Waals surface area contributed by atoms with Gasteiger partial charge in [-0.15, -0.1) is 0 Å². The fraction of sp³-hybridized carbons (Fsp3) is 0.536. The van der Waals surface area contributed by atoms with E-state index in [4.69, 9.17) is 15.9 Å². The van der Waals surface area contributed by atoms with Crippen LogP contribution in [-0.4, -0.2) is 32.0 Å². The van der Waals surface area contributed by atoms with E-state index in [0.717, 1.165) is 69.5 Å². The van der Waals surface area contributed by atoms with Crippen LogP contribution in [0.3, 0.4) is 0 Å². The SMILES string of the molecule is CCC[CH2][Sn]1([CH2]CCC)[O]c2ccc(C(C)(C)CC)cc2N=Cc2cccc(OCC)c2[O]1. The normalized spacial score (nSPS) is 14.7. The van der Waals surface area contributed by atoms with Gasteiger partial charge in [0.25, 0.3) is 0 Å². The van der Waals surface area contributed by atoms with Gasteiger partial charge in [-0.2, -0.15) is 0 Å². The van der Waals surface area contributed by atoms with Crippen molar-refractivity contribution in [3.63, 3.8) is 0 Å². The molecular weight excluding hydrogens is 517 g/mol. The van der Waals surface area contributed by atoms with E-state index in [1.165, 1.54) is 5.56 Å². The summed E-state index contributed by atoms with van der Waals surface area (Å²) in [5, 5.41) is 0. The summed E-state index contributed by atoms with van der Waals surface area (Å²) < 4.78 is 22.1. The summed E-state index contributed by atoms with van der Waals surface area (Å²) in [6, 6.07) is 12.6. The van der Waals surface area contributed by atoms with E-state index in [-0.39, 0.29) is 5.41 Å². The number of rotatable bonds is 10. The van der Waals surface area contributed by atoms with Gasteiger partial charge in [0.1, 0.15) is 0 Å². The van der Waals surface area contributed by atoms with E-state index in [2.05, 4.69) is 58.9 Å². The summed E-state index contributed by atoms with van der Waals surface area (Å²) >= 11 is -3.59. The van der Waals surface area contributed by atoms with E-state index < -0.39 is 19.2 Å². The molecule has 0 bridgehead atoms. The Kier molecular flexibility index (Phi) is 9.14. The minimum atomic E-state index is -3.59. The molecule has 5 heteroatoms. The van der Waals surface area contributed by atoms with E-state index in [0.29, 0.717) is 6.61 Å². The molecule has 1 aliphatic rings. The molecule has 3 rings (SSSR count). The van der Waals surface area contributed by atoms with Gasteiger partial charge in [0.15, 0.2) is 0 Å². The van der Waals surface area contributed by atoms with Crippen LogP contribution in [-0.2, 0) is 5.41 Å². The van der Waals surface area contributed by atoms with E-state index in [9.17, 15) is 0 Å². The van der Waals surface area contributed by atoms with Gasteiger partial charge in [-0.1, -0.05) is 0 Å². The number of ether oxygens (including phenoxy) is 1. The Morgan fingerprint density at radius 3 is 2.30 bits per heavy atom. The number of benzene rings is 2.